The van der Waals surface area contributed by atoms with E-state index in [2.05, 4.69) is 0 Å². The van der Waals surface area contributed by atoms with Crippen molar-refractivity contribution < 1.29 is 26.3 Å². The highest BCUT2D eigenvalue weighted by molar-refractivity contribution is 7.91. The summed E-state index contributed by atoms with van der Waals surface area (Å²) in [6, 6.07) is 1.60. The molecule has 0 radical (unpaired) electrons. The standard InChI is InChI=1S/C11H17FN2O5S2/c1-7(15)10(13)6-14-21(18,19)11-5-8(20(2,16)17)3-4-9(11)12/h3-5,7,10,14-15H,6,13H2,1-2H3. The number of aliphatic hydroxyl groups is 1. The molecule has 0 aliphatic heterocycles. The van der Waals surface area contributed by atoms with E-state index in [-0.39, 0.29) is 11.4 Å². The Hall–Kier alpha value is -1.07. The van der Waals surface area contributed by atoms with Gasteiger partial charge in [-0.15, -0.1) is 0 Å². The third kappa shape index (κ3) is 4.71. The first kappa shape index (κ1) is 18.0. The molecule has 0 aliphatic carbocycles. The summed E-state index contributed by atoms with van der Waals surface area (Å²) in [7, 11) is -7.95. The van der Waals surface area contributed by atoms with Gasteiger partial charge < -0.3 is 10.8 Å². The molecule has 10 heteroatoms. The maximum absolute atomic E-state index is 13.6. The third-order valence-corrected chi connectivity index (χ3v) is 5.30. The Morgan fingerprint density at radius 3 is 2.38 bits per heavy atom. The molecule has 0 saturated carbocycles. The van der Waals surface area contributed by atoms with E-state index in [1.54, 1.807) is 0 Å². The normalized spacial score (nSPS) is 15.7. The molecule has 2 unspecified atom stereocenters. The number of nitrogens with one attached hydrogen (secondary N) is 1. The zero-order valence-corrected chi connectivity index (χ0v) is 13.1. The van der Waals surface area contributed by atoms with Crippen LogP contribution in [-0.2, 0) is 19.9 Å². The summed E-state index contributed by atoms with van der Waals surface area (Å²) < 4.78 is 62.4. The molecule has 0 aliphatic rings. The van der Waals surface area contributed by atoms with Crippen LogP contribution in [0, 0.1) is 5.82 Å². The minimum absolute atomic E-state index is 0.316. The first-order chi connectivity index (χ1) is 9.45. The minimum Gasteiger partial charge on any atom is -0.392 e. The Kier molecular flexibility index (Phi) is 5.45. The van der Waals surface area contributed by atoms with Crippen molar-refractivity contribution in [3.63, 3.8) is 0 Å². The van der Waals surface area contributed by atoms with Crippen molar-refractivity contribution in [3.05, 3.63) is 24.0 Å². The van der Waals surface area contributed by atoms with Crippen LogP contribution in [0.15, 0.2) is 28.0 Å². The Bertz CT molecular complexity index is 716. The third-order valence-electron chi connectivity index (χ3n) is 2.75. The van der Waals surface area contributed by atoms with Crippen LogP contribution >= 0.6 is 0 Å². The van der Waals surface area contributed by atoms with Gasteiger partial charge in [0.15, 0.2) is 9.84 Å². The molecule has 0 spiro atoms. The fourth-order valence-corrected chi connectivity index (χ4v) is 3.27. The highest BCUT2D eigenvalue weighted by Crippen LogP contribution is 2.19. The number of halogens is 1. The first-order valence-corrected chi connectivity index (χ1v) is 9.25. The second-order valence-electron chi connectivity index (χ2n) is 4.62. The lowest BCUT2D eigenvalue weighted by molar-refractivity contribution is 0.164. The number of sulfone groups is 1. The number of aliphatic hydroxyl groups excluding tert-OH is 1. The summed E-state index contributed by atoms with van der Waals surface area (Å²) in [5, 5.41) is 9.18. The highest BCUT2D eigenvalue weighted by atomic mass is 32.2. The van der Waals surface area contributed by atoms with Crippen LogP contribution in [0.25, 0.3) is 0 Å². The number of sulfonamides is 1. The van der Waals surface area contributed by atoms with Gasteiger partial charge in [-0.05, 0) is 25.1 Å². The van der Waals surface area contributed by atoms with Gasteiger partial charge in [-0.1, -0.05) is 0 Å². The lowest BCUT2D eigenvalue weighted by Gasteiger charge is -2.16. The fraction of sp³-hybridized carbons (Fsp3) is 0.455. The summed E-state index contributed by atoms with van der Waals surface area (Å²) in [5.41, 5.74) is 5.47. The minimum atomic E-state index is -4.28. The van der Waals surface area contributed by atoms with Gasteiger partial charge in [0.25, 0.3) is 0 Å². The maximum Gasteiger partial charge on any atom is 0.243 e. The fourth-order valence-electron chi connectivity index (χ4n) is 1.37. The van der Waals surface area contributed by atoms with Gasteiger partial charge in [0, 0.05) is 18.8 Å². The monoisotopic (exact) mass is 340 g/mol. The molecule has 4 N–H and O–H groups in total. The topological polar surface area (TPSA) is 127 Å². The second-order valence-corrected chi connectivity index (χ2v) is 8.37. The predicted octanol–water partition coefficient (Wildman–Crippen LogP) is -0.784. The lowest BCUT2D eigenvalue weighted by atomic mass is 10.2. The molecule has 0 aromatic heterocycles. The van der Waals surface area contributed by atoms with E-state index in [1.165, 1.54) is 6.92 Å². The zero-order valence-electron chi connectivity index (χ0n) is 11.4. The van der Waals surface area contributed by atoms with E-state index in [1.807, 2.05) is 4.72 Å². The van der Waals surface area contributed by atoms with Crippen LogP contribution in [0.5, 0.6) is 0 Å². The molecule has 21 heavy (non-hydrogen) atoms. The van der Waals surface area contributed by atoms with Crippen molar-refractivity contribution >= 4 is 19.9 Å². The van der Waals surface area contributed by atoms with Crippen LogP contribution < -0.4 is 10.5 Å². The summed E-state index contributed by atoms with van der Waals surface area (Å²) in [6.45, 7) is 1.06. The van der Waals surface area contributed by atoms with Crippen molar-refractivity contribution in [3.8, 4) is 0 Å². The number of nitrogens with two attached hydrogens (primary N) is 1. The number of hydrogen-bond acceptors (Lipinski definition) is 6. The van der Waals surface area contributed by atoms with Crippen molar-refractivity contribution in [2.45, 2.75) is 28.9 Å². The maximum atomic E-state index is 13.6. The summed E-state index contributed by atoms with van der Waals surface area (Å²) >= 11 is 0. The second kappa shape index (κ2) is 6.36. The van der Waals surface area contributed by atoms with Crippen LogP contribution in [0.2, 0.25) is 0 Å². The highest BCUT2D eigenvalue weighted by Gasteiger charge is 2.23. The van der Waals surface area contributed by atoms with Gasteiger partial charge in [-0.25, -0.2) is 25.9 Å². The Morgan fingerprint density at radius 1 is 1.33 bits per heavy atom. The molecule has 0 saturated heterocycles. The zero-order chi connectivity index (χ0) is 16.4. The van der Waals surface area contributed by atoms with Crippen molar-refractivity contribution in [1.82, 2.24) is 4.72 Å². The molecule has 0 fully saturated rings. The lowest BCUT2D eigenvalue weighted by Crippen LogP contribution is -2.43. The van der Waals surface area contributed by atoms with Crippen LogP contribution in [0.1, 0.15) is 6.92 Å². The largest absolute Gasteiger partial charge is 0.392 e. The van der Waals surface area contributed by atoms with Crippen molar-refractivity contribution in [1.29, 1.82) is 0 Å². The molecule has 7 nitrogen and oxygen atoms in total. The number of hydrogen-bond donors (Lipinski definition) is 3. The molecule has 0 heterocycles. The average molecular weight is 340 g/mol. The smallest absolute Gasteiger partial charge is 0.243 e. The Labute approximate surface area is 122 Å². The quantitative estimate of drug-likeness (QED) is 0.583. The molecule has 2 atom stereocenters. The van der Waals surface area contributed by atoms with Gasteiger partial charge in [0.2, 0.25) is 10.0 Å². The number of rotatable bonds is 6. The van der Waals surface area contributed by atoms with Crippen molar-refractivity contribution in [2.75, 3.05) is 12.8 Å². The molecule has 0 amide bonds. The molecule has 0 bridgehead atoms. The van der Waals surface area contributed by atoms with E-state index in [0.29, 0.717) is 0 Å². The molecular formula is C11H17FN2O5S2. The van der Waals surface area contributed by atoms with E-state index >= 15 is 0 Å². The van der Waals surface area contributed by atoms with E-state index in [9.17, 15) is 26.3 Å². The van der Waals surface area contributed by atoms with Crippen LogP contribution in [0.4, 0.5) is 4.39 Å². The van der Waals surface area contributed by atoms with Gasteiger partial charge in [0.05, 0.1) is 11.0 Å². The van der Waals surface area contributed by atoms with E-state index in [0.717, 1.165) is 24.5 Å². The Morgan fingerprint density at radius 2 is 1.90 bits per heavy atom. The average Bonchev–Trinajstić information content (AvgIpc) is 2.34. The summed E-state index contributed by atoms with van der Waals surface area (Å²) in [4.78, 5) is -1.10. The van der Waals surface area contributed by atoms with E-state index < -0.39 is 42.7 Å². The molecule has 1 rings (SSSR count). The summed E-state index contributed by atoms with van der Waals surface area (Å²) in [6.07, 6.45) is -0.0761. The summed E-state index contributed by atoms with van der Waals surface area (Å²) in [5.74, 6) is -1.08. The van der Waals surface area contributed by atoms with Crippen molar-refractivity contribution in [2.24, 2.45) is 5.73 Å². The van der Waals surface area contributed by atoms with E-state index in [4.69, 9.17) is 5.73 Å². The number of benzene rings is 1. The first-order valence-electron chi connectivity index (χ1n) is 5.88. The molecular weight excluding hydrogens is 323 g/mol. The van der Waals surface area contributed by atoms with Gasteiger partial charge in [-0.3, -0.25) is 0 Å². The SMILES string of the molecule is CC(O)C(N)CNS(=O)(=O)c1cc(S(C)(=O)=O)ccc1F. The van der Waals surface area contributed by atoms with Crippen LogP contribution in [0.3, 0.4) is 0 Å². The molecule has 1 aromatic carbocycles. The van der Waals surface area contributed by atoms with Crippen LogP contribution in [-0.4, -0.2) is 46.9 Å². The van der Waals surface area contributed by atoms with Gasteiger partial charge >= 0.3 is 0 Å². The van der Waals surface area contributed by atoms with Gasteiger partial charge in [0.1, 0.15) is 10.7 Å². The molecule has 1 aromatic rings. The Balaban J connectivity index is 3.14. The molecule has 120 valence electrons. The predicted molar refractivity (Wildman–Crippen MR) is 74.4 cm³/mol. The van der Waals surface area contributed by atoms with Gasteiger partial charge in [-0.2, -0.15) is 0 Å².